The quantitative estimate of drug-likeness (QED) is 0.704. The Morgan fingerprint density at radius 2 is 1.77 bits per heavy atom. The molecule has 132 valence electrons. The molecule has 0 spiro atoms. The van der Waals surface area contributed by atoms with E-state index in [-0.39, 0.29) is 11.5 Å². The summed E-state index contributed by atoms with van der Waals surface area (Å²) in [5.41, 5.74) is 1.37. The summed E-state index contributed by atoms with van der Waals surface area (Å²) in [7, 11) is 0. The number of anilines is 1. The van der Waals surface area contributed by atoms with Gasteiger partial charge in [0.25, 0.3) is 5.82 Å². The standard InChI is InChI=1S/C17H11F4N5/c18-12-4-2-1-3-11(12)14-9-13(10-5-7-22-8-6-10)23-16-24-15(17(19,20)21)25-26(14)16/h1-9,14H,(H,23,24,25)/t14-/m1/s1. The predicted octanol–water partition coefficient (Wildman–Crippen LogP) is 3.89. The van der Waals surface area contributed by atoms with Crippen molar-refractivity contribution < 1.29 is 17.6 Å². The van der Waals surface area contributed by atoms with Crippen molar-refractivity contribution in [2.75, 3.05) is 5.32 Å². The van der Waals surface area contributed by atoms with Crippen molar-refractivity contribution in [1.29, 1.82) is 0 Å². The lowest BCUT2D eigenvalue weighted by Crippen LogP contribution is -2.21. The predicted molar refractivity (Wildman–Crippen MR) is 85.4 cm³/mol. The third kappa shape index (κ3) is 2.81. The normalized spacial score (nSPS) is 16.6. The molecule has 1 N–H and O–H groups in total. The molecular weight excluding hydrogens is 350 g/mol. The molecule has 4 rings (SSSR count). The number of halogens is 4. The van der Waals surface area contributed by atoms with Crippen LogP contribution in [0.2, 0.25) is 0 Å². The van der Waals surface area contributed by atoms with Crippen molar-refractivity contribution in [3.63, 3.8) is 0 Å². The zero-order valence-electron chi connectivity index (χ0n) is 13.1. The van der Waals surface area contributed by atoms with E-state index in [4.69, 9.17) is 0 Å². The van der Waals surface area contributed by atoms with E-state index in [0.717, 1.165) is 4.68 Å². The van der Waals surface area contributed by atoms with Crippen LogP contribution in [-0.2, 0) is 6.18 Å². The van der Waals surface area contributed by atoms with E-state index in [0.29, 0.717) is 11.3 Å². The molecule has 1 aliphatic rings. The molecule has 0 aliphatic carbocycles. The molecule has 9 heteroatoms. The molecule has 0 radical (unpaired) electrons. The SMILES string of the molecule is Fc1ccccc1[C@H]1C=C(c2ccncc2)Nc2nc(C(F)(F)F)nn21. The highest BCUT2D eigenvalue weighted by Crippen LogP contribution is 2.36. The van der Waals surface area contributed by atoms with Gasteiger partial charge in [0.15, 0.2) is 0 Å². The lowest BCUT2D eigenvalue weighted by atomic mass is 10.0. The van der Waals surface area contributed by atoms with Crippen LogP contribution in [0.1, 0.15) is 23.0 Å². The van der Waals surface area contributed by atoms with Crippen LogP contribution >= 0.6 is 0 Å². The Labute approximate surface area is 145 Å². The van der Waals surface area contributed by atoms with Gasteiger partial charge in [-0.05, 0) is 24.3 Å². The van der Waals surface area contributed by atoms with Gasteiger partial charge >= 0.3 is 6.18 Å². The number of pyridine rings is 1. The van der Waals surface area contributed by atoms with Gasteiger partial charge in [-0.15, -0.1) is 5.10 Å². The molecule has 0 fully saturated rings. The van der Waals surface area contributed by atoms with Gasteiger partial charge in [-0.2, -0.15) is 18.2 Å². The maximum Gasteiger partial charge on any atom is 0.453 e. The van der Waals surface area contributed by atoms with Gasteiger partial charge in [-0.3, -0.25) is 4.98 Å². The van der Waals surface area contributed by atoms with Gasteiger partial charge in [-0.25, -0.2) is 9.07 Å². The van der Waals surface area contributed by atoms with Crippen LogP contribution in [0.15, 0.2) is 54.9 Å². The Morgan fingerprint density at radius 3 is 2.46 bits per heavy atom. The van der Waals surface area contributed by atoms with Crippen LogP contribution < -0.4 is 5.32 Å². The molecule has 0 amide bonds. The Bertz CT molecular complexity index is 978. The van der Waals surface area contributed by atoms with Crippen LogP contribution in [-0.4, -0.2) is 19.7 Å². The summed E-state index contributed by atoms with van der Waals surface area (Å²) in [5.74, 6) is -1.94. The second-order valence-corrected chi connectivity index (χ2v) is 5.61. The molecule has 26 heavy (non-hydrogen) atoms. The monoisotopic (exact) mass is 361 g/mol. The molecule has 3 heterocycles. The van der Waals surface area contributed by atoms with E-state index in [1.807, 2.05) is 0 Å². The van der Waals surface area contributed by atoms with E-state index in [2.05, 4.69) is 20.4 Å². The van der Waals surface area contributed by atoms with E-state index < -0.39 is 23.9 Å². The van der Waals surface area contributed by atoms with Crippen molar-refractivity contribution >= 4 is 11.6 Å². The molecule has 1 atom stereocenters. The fraction of sp³-hybridized carbons (Fsp3) is 0.118. The number of hydrogen-bond acceptors (Lipinski definition) is 4. The molecule has 0 unspecified atom stereocenters. The first kappa shape index (κ1) is 16.2. The number of benzene rings is 1. The van der Waals surface area contributed by atoms with Crippen LogP contribution in [0.25, 0.3) is 5.70 Å². The van der Waals surface area contributed by atoms with Gasteiger partial charge in [-0.1, -0.05) is 18.2 Å². The molecule has 0 saturated heterocycles. The number of rotatable bonds is 2. The number of allylic oxidation sites excluding steroid dienone is 1. The maximum atomic E-state index is 14.3. The van der Waals surface area contributed by atoms with E-state index in [9.17, 15) is 17.6 Å². The van der Waals surface area contributed by atoms with E-state index in [1.54, 1.807) is 36.7 Å². The first-order valence-corrected chi connectivity index (χ1v) is 7.61. The molecular formula is C17H11F4N5. The molecule has 1 aromatic carbocycles. The van der Waals surface area contributed by atoms with Crippen molar-refractivity contribution in [1.82, 2.24) is 19.7 Å². The molecule has 1 aliphatic heterocycles. The van der Waals surface area contributed by atoms with Gasteiger partial charge in [0.2, 0.25) is 5.95 Å². The van der Waals surface area contributed by atoms with Gasteiger partial charge in [0.1, 0.15) is 11.9 Å². The Hall–Kier alpha value is -3.23. The lowest BCUT2D eigenvalue weighted by Gasteiger charge is -2.24. The Morgan fingerprint density at radius 1 is 1.04 bits per heavy atom. The third-order valence-corrected chi connectivity index (χ3v) is 3.93. The smallest absolute Gasteiger partial charge is 0.324 e. The van der Waals surface area contributed by atoms with Crippen molar-refractivity contribution in [3.8, 4) is 0 Å². The average Bonchev–Trinajstić information content (AvgIpc) is 3.07. The lowest BCUT2D eigenvalue weighted by molar-refractivity contribution is -0.145. The van der Waals surface area contributed by atoms with Crippen molar-refractivity contribution in [2.24, 2.45) is 0 Å². The summed E-state index contributed by atoms with van der Waals surface area (Å²) >= 11 is 0. The molecule has 0 saturated carbocycles. The van der Waals surface area contributed by atoms with Crippen LogP contribution in [0.3, 0.4) is 0 Å². The fourth-order valence-corrected chi connectivity index (χ4v) is 2.75. The van der Waals surface area contributed by atoms with Gasteiger partial charge in [0, 0.05) is 29.2 Å². The number of nitrogens with zero attached hydrogens (tertiary/aromatic N) is 4. The van der Waals surface area contributed by atoms with Gasteiger partial charge in [0.05, 0.1) is 0 Å². The van der Waals surface area contributed by atoms with Crippen LogP contribution in [0.4, 0.5) is 23.5 Å². The summed E-state index contributed by atoms with van der Waals surface area (Å²) in [4.78, 5) is 7.46. The van der Waals surface area contributed by atoms with E-state index >= 15 is 0 Å². The summed E-state index contributed by atoms with van der Waals surface area (Å²) in [6.07, 6.45) is 0.00504. The highest BCUT2D eigenvalue weighted by atomic mass is 19.4. The van der Waals surface area contributed by atoms with E-state index in [1.165, 1.54) is 18.2 Å². The van der Waals surface area contributed by atoms with Crippen LogP contribution in [0.5, 0.6) is 0 Å². The first-order valence-electron chi connectivity index (χ1n) is 7.61. The Balaban J connectivity index is 1.88. The van der Waals surface area contributed by atoms with Crippen molar-refractivity contribution in [3.05, 3.63) is 77.6 Å². The molecule has 0 bridgehead atoms. The summed E-state index contributed by atoms with van der Waals surface area (Å²) in [6.45, 7) is 0. The zero-order chi connectivity index (χ0) is 18.3. The Kier molecular flexibility index (Phi) is 3.71. The average molecular weight is 361 g/mol. The molecule has 5 nitrogen and oxygen atoms in total. The summed E-state index contributed by atoms with van der Waals surface area (Å²) < 4.78 is 54.4. The number of fused-ring (bicyclic) bond motifs is 1. The third-order valence-electron chi connectivity index (χ3n) is 3.93. The first-order chi connectivity index (χ1) is 12.4. The minimum absolute atomic E-state index is 0.111. The second-order valence-electron chi connectivity index (χ2n) is 5.61. The summed E-state index contributed by atoms with van der Waals surface area (Å²) in [5, 5.41) is 6.37. The fourth-order valence-electron chi connectivity index (χ4n) is 2.75. The minimum Gasteiger partial charge on any atom is -0.324 e. The number of nitrogens with one attached hydrogen (secondary N) is 1. The number of alkyl halides is 3. The maximum absolute atomic E-state index is 14.3. The number of hydrogen-bond donors (Lipinski definition) is 1. The summed E-state index contributed by atoms with van der Waals surface area (Å²) in [6, 6.07) is 8.38. The minimum atomic E-state index is -4.71. The van der Waals surface area contributed by atoms with Gasteiger partial charge < -0.3 is 5.32 Å². The molecule has 3 aromatic rings. The largest absolute Gasteiger partial charge is 0.453 e. The zero-order valence-corrected chi connectivity index (χ0v) is 13.1. The van der Waals surface area contributed by atoms with Crippen LogP contribution in [0, 0.1) is 5.82 Å². The molecule has 2 aromatic heterocycles. The number of aromatic nitrogens is 4. The highest BCUT2D eigenvalue weighted by molar-refractivity contribution is 5.76. The second kappa shape index (κ2) is 5.94. The highest BCUT2D eigenvalue weighted by Gasteiger charge is 2.39. The van der Waals surface area contributed by atoms with Crippen molar-refractivity contribution in [2.45, 2.75) is 12.2 Å². The topological polar surface area (TPSA) is 55.6 Å².